The summed E-state index contributed by atoms with van der Waals surface area (Å²) in [6.45, 7) is 2.91. The smallest absolute Gasteiger partial charge is 0.233 e. The lowest BCUT2D eigenvalue weighted by molar-refractivity contribution is -0.141. The van der Waals surface area contributed by atoms with Gasteiger partial charge in [-0.3, -0.25) is 9.59 Å². The fourth-order valence-corrected chi connectivity index (χ4v) is 3.51. The van der Waals surface area contributed by atoms with Crippen LogP contribution in [0.25, 0.3) is 0 Å². The summed E-state index contributed by atoms with van der Waals surface area (Å²) < 4.78 is 14.1. The van der Waals surface area contributed by atoms with Gasteiger partial charge >= 0.3 is 0 Å². The van der Waals surface area contributed by atoms with Crippen LogP contribution in [-0.2, 0) is 15.0 Å². The Morgan fingerprint density at radius 2 is 1.68 bits per heavy atom. The van der Waals surface area contributed by atoms with E-state index in [2.05, 4.69) is 0 Å². The molecule has 5 nitrogen and oxygen atoms in total. The largest absolute Gasteiger partial charge is 0.339 e. The van der Waals surface area contributed by atoms with Crippen LogP contribution >= 0.6 is 0 Å². The molecule has 1 aliphatic heterocycles. The number of halogens is 1. The number of carbonyl (C=O) groups excluding carboxylic acids is 2. The first-order chi connectivity index (χ1) is 11.9. The number of carbonyl (C=O) groups is 2. The predicted molar refractivity (Wildman–Crippen MR) is 93.6 cm³/mol. The van der Waals surface area contributed by atoms with Crippen molar-refractivity contribution in [1.82, 2.24) is 14.7 Å². The Bertz CT molecular complexity index is 650. The monoisotopic (exact) mass is 347 g/mol. The number of piperazine rings is 1. The summed E-state index contributed by atoms with van der Waals surface area (Å²) in [5, 5.41) is 0. The van der Waals surface area contributed by atoms with Gasteiger partial charge in [-0.2, -0.15) is 0 Å². The Kier molecular flexibility index (Phi) is 5.08. The summed E-state index contributed by atoms with van der Waals surface area (Å²) >= 11 is 0. The normalized spacial score (nSPS) is 19.2. The molecule has 0 spiro atoms. The van der Waals surface area contributed by atoms with E-state index in [1.807, 2.05) is 23.9 Å². The second-order valence-corrected chi connectivity index (χ2v) is 7.29. The summed E-state index contributed by atoms with van der Waals surface area (Å²) in [4.78, 5) is 30.8. The molecule has 1 saturated carbocycles. The van der Waals surface area contributed by atoms with Crippen molar-refractivity contribution in [3.05, 3.63) is 35.6 Å². The van der Waals surface area contributed by atoms with Crippen LogP contribution in [0.5, 0.6) is 0 Å². The Labute approximate surface area is 148 Å². The molecule has 1 aromatic rings. The number of hydrogen-bond donors (Lipinski definition) is 0. The third-order valence-electron chi connectivity index (χ3n) is 5.24. The minimum absolute atomic E-state index is 0.0120. The van der Waals surface area contributed by atoms with Gasteiger partial charge in [0.2, 0.25) is 11.8 Å². The highest BCUT2D eigenvalue weighted by Crippen LogP contribution is 2.50. The summed E-state index contributed by atoms with van der Waals surface area (Å²) in [5.74, 6) is -0.153. The van der Waals surface area contributed by atoms with Gasteiger partial charge in [0, 0.05) is 44.7 Å². The lowest BCUT2D eigenvalue weighted by Crippen LogP contribution is -2.53. The molecule has 136 valence electrons. The van der Waals surface area contributed by atoms with Gasteiger partial charge in [-0.15, -0.1) is 0 Å². The average molecular weight is 347 g/mol. The average Bonchev–Trinajstić information content (AvgIpc) is 3.41. The topological polar surface area (TPSA) is 43.9 Å². The zero-order valence-electron chi connectivity index (χ0n) is 15.0. The molecule has 0 radical (unpaired) electrons. The van der Waals surface area contributed by atoms with Crippen molar-refractivity contribution in [1.29, 1.82) is 0 Å². The molecule has 0 atom stereocenters. The zero-order chi connectivity index (χ0) is 18.0. The third-order valence-corrected chi connectivity index (χ3v) is 5.24. The first kappa shape index (κ1) is 17.9. The Morgan fingerprint density at radius 3 is 2.24 bits per heavy atom. The molecule has 0 aromatic heterocycles. The molecule has 1 saturated heterocycles. The fourth-order valence-electron chi connectivity index (χ4n) is 3.51. The second-order valence-electron chi connectivity index (χ2n) is 7.29. The van der Waals surface area contributed by atoms with Crippen LogP contribution in [0.1, 0.15) is 24.8 Å². The van der Waals surface area contributed by atoms with Crippen LogP contribution in [0.3, 0.4) is 0 Å². The zero-order valence-corrected chi connectivity index (χ0v) is 15.0. The molecule has 0 unspecified atom stereocenters. The number of hydrogen-bond acceptors (Lipinski definition) is 3. The van der Waals surface area contributed by atoms with Crippen LogP contribution in [0.15, 0.2) is 24.3 Å². The highest BCUT2D eigenvalue weighted by molar-refractivity contribution is 5.91. The van der Waals surface area contributed by atoms with Crippen LogP contribution in [-0.4, -0.2) is 73.3 Å². The molecular weight excluding hydrogens is 321 g/mol. The second kappa shape index (κ2) is 7.12. The molecule has 2 aliphatic rings. The van der Waals surface area contributed by atoms with E-state index in [9.17, 15) is 14.0 Å². The van der Waals surface area contributed by atoms with Crippen molar-refractivity contribution in [2.75, 3.05) is 46.8 Å². The maximum absolute atomic E-state index is 14.1. The quantitative estimate of drug-likeness (QED) is 0.810. The molecule has 6 heteroatoms. The van der Waals surface area contributed by atoms with Crippen LogP contribution in [0.4, 0.5) is 4.39 Å². The minimum Gasteiger partial charge on any atom is -0.339 e. The van der Waals surface area contributed by atoms with Gasteiger partial charge in [-0.05, 0) is 33.0 Å². The number of amides is 2. The molecule has 2 fully saturated rings. The van der Waals surface area contributed by atoms with Crippen molar-refractivity contribution in [3.63, 3.8) is 0 Å². The van der Waals surface area contributed by atoms with Crippen molar-refractivity contribution in [3.8, 4) is 0 Å². The van der Waals surface area contributed by atoms with Gasteiger partial charge in [0.05, 0.1) is 5.41 Å². The molecule has 0 N–H and O–H groups in total. The van der Waals surface area contributed by atoms with E-state index in [-0.39, 0.29) is 17.6 Å². The van der Waals surface area contributed by atoms with Gasteiger partial charge in [0.25, 0.3) is 0 Å². The first-order valence-corrected chi connectivity index (χ1v) is 8.91. The molecule has 1 heterocycles. The van der Waals surface area contributed by atoms with Gasteiger partial charge < -0.3 is 14.7 Å². The van der Waals surface area contributed by atoms with E-state index >= 15 is 0 Å². The molecule has 1 aliphatic carbocycles. The van der Waals surface area contributed by atoms with E-state index in [1.54, 1.807) is 23.1 Å². The lowest BCUT2D eigenvalue weighted by atomic mass is 9.93. The maximum Gasteiger partial charge on any atom is 0.233 e. The van der Waals surface area contributed by atoms with Crippen LogP contribution in [0, 0.1) is 5.82 Å². The molecule has 0 bridgehead atoms. The van der Waals surface area contributed by atoms with Gasteiger partial charge in [-0.25, -0.2) is 4.39 Å². The summed E-state index contributed by atoms with van der Waals surface area (Å²) in [7, 11) is 3.89. The molecule has 1 aromatic carbocycles. The van der Waals surface area contributed by atoms with E-state index in [0.717, 1.165) is 6.54 Å². The highest BCUT2D eigenvalue weighted by atomic mass is 19.1. The van der Waals surface area contributed by atoms with Crippen LogP contribution in [0.2, 0.25) is 0 Å². The highest BCUT2D eigenvalue weighted by Gasteiger charge is 2.54. The minimum atomic E-state index is -0.678. The lowest BCUT2D eigenvalue weighted by Gasteiger charge is -2.37. The maximum atomic E-state index is 14.1. The van der Waals surface area contributed by atoms with Crippen molar-refractivity contribution < 1.29 is 14.0 Å². The van der Waals surface area contributed by atoms with Gasteiger partial charge in [0.1, 0.15) is 5.82 Å². The van der Waals surface area contributed by atoms with Crippen molar-refractivity contribution in [2.24, 2.45) is 0 Å². The SMILES string of the molecule is CN(C)CCC(=O)N1CCN(C(=O)C2(c3ccccc3F)CC2)CC1. The number of benzene rings is 1. The van der Waals surface area contributed by atoms with Gasteiger partial charge in [0.15, 0.2) is 0 Å². The number of rotatable bonds is 5. The van der Waals surface area contributed by atoms with E-state index in [4.69, 9.17) is 0 Å². The van der Waals surface area contributed by atoms with Crippen molar-refractivity contribution in [2.45, 2.75) is 24.7 Å². The molecule has 2 amide bonds. The summed E-state index contributed by atoms with van der Waals surface area (Å²) in [5.41, 5.74) is -0.160. The number of nitrogens with zero attached hydrogens (tertiary/aromatic N) is 3. The summed E-state index contributed by atoms with van der Waals surface area (Å²) in [6, 6.07) is 6.58. The molecule has 25 heavy (non-hydrogen) atoms. The van der Waals surface area contributed by atoms with Crippen molar-refractivity contribution >= 4 is 11.8 Å². The molecular formula is C19H26FN3O2. The predicted octanol–water partition coefficient (Wildman–Crippen LogP) is 1.48. The third kappa shape index (κ3) is 3.68. The Hall–Kier alpha value is -1.95. The van der Waals surface area contributed by atoms with Gasteiger partial charge in [-0.1, -0.05) is 18.2 Å². The Balaban J connectivity index is 1.59. The Morgan fingerprint density at radius 1 is 1.08 bits per heavy atom. The summed E-state index contributed by atoms with van der Waals surface area (Å²) in [6.07, 6.45) is 1.91. The standard InChI is InChI=1S/C19H26FN3O2/c1-21(2)10-7-17(24)22-11-13-23(14-12-22)18(25)19(8-9-19)15-5-3-4-6-16(15)20/h3-6H,7-14H2,1-2H3. The van der Waals surface area contributed by atoms with E-state index in [0.29, 0.717) is 51.0 Å². The fraction of sp³-hybridized carbons (Fsp3) is 0.579. The van der Waals surface area contributed by atoms with E-state index < -0.39 is 5.41 Å². The van der Waals surface area contributed by atoms with E-state index in [1.165, 1.54) is 6.07 Å². The first-order valence-electron chi connectivity index (χ1n) is 8.91. The van der Waals surface area contributed by atoms with Crippen LogP contribution < -0.4 is 0 Å². The molecule has 3 rings (SSSR count).